The number of nitrogens with zero attached hydrogens (tertiary/aromatic N) is 4. The van der Waals surface area contributed by atoms with Gasteiger partial charge < -0.3 is 15.2 Å². The van der Waals surface area contributed by atoms with Crippen molar-refractivity contribution in [2.75, 3.05) is 24.5 Å². The monoisotopic (exact) mass is 457 g/mol. The molecule has 0 bridgehead atoms. The molecular formula is C18H18F3N5O4S. The third-order valence-electron chi connectivity index (χ3n) is 5.00. The van der Waals surface area contributed by atoms with Gasteiger partial charge in [0.05, 0.1) is 17.2 Å². The summed E-state index contributed by atoms with van der Waals surface area (Å²) in [6.07, 6.45) is -4.78. The maximum atomic E-state index is 13.3. The molecule has 0 saturated carbocycles. The lowest BCUT2D eigenvalue weighted by molar-refractivity contribution is -0.137. The zero-order chi connectivity index (χ0) is 23.1. The number of nitrogens with two attached hydrogens (primary N) is 1. The zero-order valence-electron chi connectivity index (χ0n) is 16.5. The van der Waals surface area contributed by atoms with Gasteiger partial charge in [-0.15, -0.1) is 0 Å². The topological polar surface area (TPSA) is 134 Å². The van der Waals surface area contributed by atoms with Crippen LogP contribution in [0.5, 0.6) is 0 Å². The Labute approximate surface area is 175 Å². The summed E-state index contributed by atoms with van der Waals surface area (Å²) in [6.45, 7) is 2.31. The van der Waals surface area contributed by atoms with Crippen LogP contribution in [0, 0.1) is 25.2 Å². The fraction of sp³-hybridized carbons (Fsp3) is 0.389. The summed E-state index contributed by atoms with van der Waals surface area (Å²) in [5.74, 6) is -0.825. The standard InChI is InChI=1S/C18H18F3N5O4S/c1-10-16(11(2)30-24-10)31(28,29)25-5-6-26(15(9-25)17(23)27)13-4-3-12(8-22)14(7-13)18(19,20)21/h3-4,7,15H,5-6,9H2,1-2H3,(H2,23,27). The van der Waals surface area contributed by atoms with Gasteiger partial charge in [0.1, 0.15) is 16.6 Å². The summed E-state index contributed by atoms with van der Waals surface area (Å²) in [6, 6.07) is 3.29. The number of carbonyl (C=O) groups is 1. The molecule has 166 valence electrons. The van der Waals surface area contributed by atoms with E-state index in [1.165, 1.54) is 30.9 Å². The number of hydrogen-bond acceptors (Lipinski definition) is 7. The highest BCUT2D eigenvalue weighted by Crippen LogP contribution is 2.35. The molecule has 31 heavy (non-hydrogen) atoms. The van der Waals surface area contributed by atoms with Crippen LogP contribution < -0.4 is 10.6 Å². The first-order valence-corrected chi connectivity index (χ1v) is 10.4. The summed E-state index contributed by atoms with van der Waals surface area (Å²) >= 11 is 0. The van der Waals surface area contributed by atoms with Crippen LogP contribution in [-0.4, -0.2) is 49.5 Å². The summed E-state index contributed by atoms with van der Waals surface area (Å²) in [4.78, 5) is 13.3. The van der Waals surface area contributed by atoms with Gasteiger partial charge in [-0.05, 0) is 32.0 Å². The lowest BCUT2D eigenvalue weighted by Crippen LogP contribution is -2.59. The van der Waals surface area contributed by atoms with Crippen LogP contribution >= 0.6 is 0 Å². The fourth-order valence-corrected chi connectivity index (χ4v) is 5.27. The normalized spacial score (nSPS) is 18.1. The first-order valence-electron chi connectivity index (χ1n) is 8.98. The number of primary amides is 1. The van der Waals surface area contributed by atoms with Crippen molar-refractivity contribution in [1.29, 1.82) is 5.26 Å². The predicted octanol–water partition coefficient (Wildman–Crippen LogP) is 1.55. The molecule has 0 aliphatic carbocycles. The largest absolute Gasteiger partial charge is 0.417 e. The Hall–Kier alpha value is -3.11. The minimum atomic E-state index is -4.78. The van der Waals surface area contributed by atoms with Gasteiger partial charge >= 0.3 is 6.18 Å². The molecule has 1 aliphatic heterocycles. The SMILES string of the molecule is Cc1noc(C)c1S(=O)(=O)N1CCN(c2ccc(C#N)c(C(F)(F)F)c2)C(C(N)=O)C1. The van der Waals surface area contributed by atoms with Crippen molar-refractivity contribution in [2.24, 2.45) is 5.73 Å². The van der Waals surface area contributed by atoms with Gasteiger partial charge in [-0.3, -0.25) is 4.79 Å². The van der Waals surface area contributed by atoms with E-state index in [0.717, 1.165) is 16.4 Å². The molecule has 1 aromatic heterocycles. The van der Waals surface area contributed by atoms with Crippen LogP contribution in [0.3, 0.4) is 0 Å². The molecule has 1 saturated heterocycles. The van der Waals surface area contributed by atoms with Crippen molar-refractivity contribution in [2.45, 2.75) is 31.0 Å². The maximum absolute atomic E-state index is 13.3. The number of amides is 1. The van der Waals surface area contributed by atoms with E-state index >= 15 is 0 Å². The molecule has 1 aromatic carbocycles. The third kappa shape index (κ3) is 4.08. The molecule has 0 spiro atoms. The van der Waals surface area contributed by atoms with E-state index in [9.17, 15) is 26.4 Å². The van der Waals surface area contributed by atoms with Gasteiger partial charge in [-0.1, -0.05) is 5.16 Å². The second-order valence-electron chi connectivity index (χ2n) is 6.97. The van der Waals surface area contributed by atoms with Crippen LogP contribution in [0.2, 0.25) is 0 Å². The van der Waals surface area contributed by atoms with E-state index in [2.05, 4.69) is 5.16 Å². The Morgan fingerprint density at radius 2 is 2.00 bits per heavy atom. The summed E-state index contributed by atoms with van der Waals surface area (Å²) in [7, 11) is -4.07. The lowest BCUT2D eigenvalue weighted by Gasteiger charge is -2.40. The molecule has 0 radical (unpaired) electrons. The Kier molecular flexibility index (Phi) is 5.72. The number of sulfonamides is 1. The molecule has 13 heteroatoms. The van der Waals surface area contributed by atoms with Crippen molar-refractivity contribution in [3.8, 4) is 6.07 Å². The van der Waals surface area contributed by atoms with Crippen LogP contribution in [0.15, 0.2) is 27.6 Å². The molecule has 1 aliphatic rings. The van der Waals surface area contributed by atoms with E-state index in [-0.39, 0.29) is 41.7 Å². The van der Waals surface area contributed by atoms with Crippen LogP contribution in [0.4, 0.5) is 18.9 Å². The van der Waals surface area contributed by atoms with E-state index in [4.69, 9.17) is 15.5 Å². The number of nitriles is 1. The average Bonchev–Trinajstić information content (AvgIpc) is 3.05. The van der Waals surface area contributed by atoms with Gasteiger partial charge in [0.2, 0.25) is 15.9 Å². The Bertz CT molecular complexity index is 1150. The number of hydrogen-bond donors (Lipinski definition) is 1. The second kappa shape index (κ2) is 7.86. The van der Waals surface area contributed by atoms with E-state index in [0.29, 0.717) is 0 Å². The molecule has 2 aromatic rings. The van der Waals surface area contributed by atoms with Crippen LogP contribution in [0.25, 0.3) is 0 Å². The average molecular weight is 457 g/mol. The number of alkyl halides is 3. The Morgan fingerprint density at radius 3 is 2.52 bits per heavy atom. The number of aryl methyl sites for hydroxylation is 2. The number of benzene rings is 1. The van der Waals surface area contributed by atoms with Crippen molar-refractivity contribution < 1.29 is 30.9 Å². The lowest BCUT2D eigenvalue weighted by atomic mass is 10.0. The predicted molar refractivity (Wildman–Crippen MR) is 101 cm³/mol. The highest BCUT2D eigenvalue weighted by molar-refractivity contribution is 7.89. The first kappa shape index (κ1) is 22.6. The minimum absolute atomic E-state index is 0.00418. The van der Waals surface area contributed by atoms with E-state index in [1.807, 2.05) is 0 Å². The van der Waals surface area contributed by atoms with Crippen molar-refractivity contribution in [3.05, 3.63) is 40.8 Å². The first-order chi connectivity index (χ1) is 14.4. The molecule has 3 rings (SSSR count). The van der Waals surface area contributed by atoms with Gasteiger partial charge in [-0.25, -0.2) is 8.42 Å². The zero-order valence-corrected chi connectivity index (χ0v) is 17.3. The van der Waals surface area contributed by atoms with Crippen LogP contribution in [0.1, 0.15) is 22.6 Å². The number of halogens is 3. The second-order valence-corrected chi connectivity index (χ2v) is 8.84. The molecule has 2 N–H and O–H groups in total. The molecule has 1 unspecified atom stereocenters. The molecule has 1 atom stereocenters. The van der Waals surface area contributed by atoms with Gasteiger partial charge in [0.25, 0.3) is 0 Å². The van der Waals surface area contributed by atoms with E-state index < -0.39 is 39.3 Å². The van der Waals surface area contributed by atoms with Gasteiger partial charge in [0, 0.05) is 25.3 Å². The number of rotatable bonds is 4. The quantitative estimate of drug-likeness (QED) is 0.736. The Morgan fingerprint density at radius 1 is 1.32 bits per heavy atom. The minimum Gasteiger partial charge on any atom is -0.368 e. The molecule has 9 nitrogen and oxygen atoms in total. The summed E-state index contributed by atoms with van der Waals surface area (Å²) in [5, 5.41) is 12.6. The molecule has 1 amide bonds. The van der Waals surface area contributed by atoms with Crippen LogP contribution in [-0.2, 0) is 21.0 Å². The van der Waals surface area contributed by atoms with Crippen molar-refractivity contribution in [3.63, 3.8) is 0 Å². The number of aromatic nitrogens is 1. The molecular weight excluding hydrogens is 439 g/mol. The smallest absolute Gasteiger partial charge is 0.368 e. The van der Waals surface area contributed by atoms with Crippen molar-refractivity contribution >= 4 is 21.6 Å². The Balaban J connectivity index is 1.97. The summed E-state index contributed by atoms with van der Waals surface area (Å²) in [5.41, 5.74) is 3.89. The number of piperazine rings is 1. The summed E-state index contributed by atoms with van der Waals surface area (Å²) < 4.78 is 72.0. The van der Waals surface area contributed by atoms with Crippen molar-refractivity contribution in [1.82, 2.24) is 9.46 Å². The highest BCUT2D eigenvalue weighted by Gasteiger charge is 2.40. The molecule has 1 fully saturated rings. The maximum Gasteiger partial charge on any atom is 0.417 e. The highest BCUT2D eigenvalue weighted by atomic mass is 32.2. The third-order valence-corrected chi connectivity index (χ3v) is 7.11. The van der Waals surface area contributed by atoms with Gasteiger partial charge in [-0.2, -0.15) is 22.7 Å². The van der Waals surface area contributed by atoms with Gasteiger partial charge in [0.15, 0.2) is 5.76 Å². The van der Waals surface area contributed by atoms with E-state index in [1.54, 1.807) is 0 Å². The molecule has 2 heterocycles. The number of carbonyl (C=O) groups excluding carboxylic acids is 1. The fourth-order valence-electron chi connectivity index (χ4n) is 3.54. The number of anilines is 1.